The lowest BCUT2D eigenvalue weighted by molar-refractivity contribution is 0.0766. The molecule has 1 amide bonds. The van der Waals surface area contributed by atoms with Crippen molar-refractivity contribution in [3.63, 3.8) is 0 Å². The van der Waals surface area contributed by atoms with Gasteiger partial charge in [-0.3, -0.25) is 4.79 Å². The third kappa shape index (κ3) is 3.13. The first-order chi connectivity index (χ1) is 12.1. The Morgan fingerprint density at radius 3 is 2.72 bits per heavy atom. The van der Waals surface area contributed by atoms with E-state index < -0.39 is 0 Å². The SMILES string of the molecule is Cc1cc(C(=O)N2CCCN(c3cccnn3)CC2)c(C)n1C1CC1. The van der Waals surface area contributed by atoms with Crippen molar-refractivity contribution in [1.82, 2.24) is 19.7 Å². The Kier molecular flexibility index (Phi) is 4.19. The maximum atomic E-state index is 13.1. The van der Waals surface area contributed by atoms with Crippen molar-refractivity contribution >= 4 is 11.7 Å². The van der Waals surface area contributed by atoms with E-state index in [1.807, 2.05) is 17.0 Å². The number of hydrogen-bond donors (Lipinski definition) is 0. The molecule has 1 saturated carbocycles. The molecule has 0 radical (unpaired) electrons. The van der Waals surface area contributed by atoms with Gasteiger partial charge in [-0.1, -0.05) is 0 Å². The van der Waals surface area contributed by atoms with E-state index in [0.29, 0.717) is 6.04 Å². The number of nitrogens with zero attached hydrogens (tertiary/aromatic N) is 5. The van der Waals surface area contributed by atoms with Crippen LogP contribution in [-0.2, 0) is 0 Å². The Morgan fingerprint density at radius 1 is 1.16 bits per heavy atom. The molecule has 0 spiro atoms. The fourth-order valence-electron chi connectivity index (χ4n) is 3.87. The number of hydrogen-bond acceptors (Lipinski definition) is 4. The molecule has 0 N–H and O–H groups in total. The second-order valence-electron chi connectivity index (χ2n) is 7.10. The maximum absolute atomic E-state index is 13.1. The summed E-state index contributed by atoms with van der Waals surface area (Å²) in [5, 5.41) is 8.16. The molecule has 6 nitrogen and oxygen atoms in total. The maximum Gasteiger partial charge on any atom is 0.255 e. The third-order valence-corrected chi connectivity index (χ3v) is 5.29. The average molecular weight is 339 g/mol. The summed E-state index contributed by atoms with van der Waals surface area (Å²) in [5.74, 6) is 1.06. The van der Waals surface area contributed by atoms with Crippen molar-refractivity contribution in [1.29, 1.82) is 0 Å². The van der Waals surface area contributed by atoms with Crippen LogP contribution < -0.4 is 4.90 Å². The minimum atomic E-state index is 0.168. The zero-order valence-electron chi connectivity index (χ0n) is 15.0. The van der Waals surface area contributed by atoms with E-state index >= 15 is 0 Å². The molecular formula is C19H25N5O. The van der Waals surface area contributed by atoms with Crippen LogP contribution in [0.3, 0.4) is 0 Å². The zero-order chi connectivity index (χ0) is 17.4. The second kappa shape index (κ2) is 6.50. The largest absolute Gasteiger partial charge is 0.353 e. The van der Waals surface area contributed by atoms with Gasteiger partial charge in [-0.15, -0.1) is 5.10 Å². The number of carbonyl (C=O) groups excluding carboxylic acids is 1. The van der Waals surface area contributed by atoms with E-state index in [2.05, 4.69) is 39.6 Å². The average Bonchev–Trinajstić information content (AvgIpc) is 3.43. The third-order valence-electron chi connectivity index (χ3n) is 5.29. The van der Waals surface area contributed by atoms with Crippen molar-refractivity contribution in [3.8, 4) is 0 Å². The minimum absolute atomic E-state index is 0.168. The highest BCUT2D eigenvalue weighted by molar-refractivity contribution is 5.95. The standard InChI is InChI=1S/C19H25N5O/c1-14-13-17(15(2)24(14)16-6-7-16)19(25)23-10-4-9-22(11-12-23)18-5-3-8-20-21-18/h3,5,8,13,16H,4,6-7,9-12H2,1-2H3. The normalized spacial score (nSPS) is 18.3. The highest BCUT2D eigenvalue weighted by atomic mass is 16.2. The van der Waals surface area contributed by atoms with Crippen LogP contribution in [0.25, 0.3) is 0 Å². The van der Waals surface area contributed by atoms with Crippen LogP contribution in [0.15, 0.2) is 24.4 Å². The number of carbonyl (C=O) groups is 1. The molecule has 1 aliphatic heterocycles. The molecule has 2 aliphatic rings. The number of amides is 1. The predicted molar refractivity (Wildman–Crippen MR) is 96.9 cm³/mol. The molecule has 25 heavy (non-hydrogen) atoms. The number of rotatable bonds is 3. The molecule has 2 fully saturated rings. The van der Waals surface area contributed by atoms with Crippen LogP contribution in [0.1, 0.15) is 47.1 Å². The highest BCUT2D eigenvalue weighted by Gasteiger charge is 2.30. The molecule has 0 bridgehead atoms. The van der Waals surface area contributed by atoms with Gasteiger partial charge < -0.3 is 14.4 Å². The summed E-state index contributed by atoms with van der Waals surface area (Å²) < 4.78 is 2.34. The van der Waals surface area contributed by atoms with Crippen molar-refractivity contribution in [2.75, 3.05) is 31.1 Å². The molecule has 6 heteroatoms. The van der Waals surface area contributed by atoms with E-state index in [4.69, 9.17) is 0 Å². The quantitative estimate of drug-likeness (QED) is 0.862. The Hall–Kier alpha value is -2.37. The molecule has 0 atom stereocenters. The number of aromatic nitrogens is 3. The molecule has 1 saturated heterocycles. The summed E-state index contributed by atoms with van der Waals surface area (Å²) >= 11 is 0. The van der Waals surface area contributed by atoms with Gasteiger partial charge >= 0.3 is 0 Å². The van der Waals surface area contributed by atoms with Crippen LogP contribution in [0.4, 0.5) is 5.82 Å². The lowest BCUT2D eigenvalue weighted by Crippen LogP contribution is -2.35. The Morgan fingerprint density at radius 2 is 2.00 bits per heavy atom. The molecule has 132 valence electrons. The fourth-order valence-corrected chi connectivity index (χ4v) is 3.87. The first-order valence-corrected chi connectivity index (χ1v) is 9.15. The van der Waals surface area contributed by atoms with Gasteiger partial charge in [0.25, 0.3) is 5.91 Å². The van der Waals surface area contributed by atoms with Crippen LogP contribution in [0.2, 0.25) is 0 Å². The molecule has 3 heterocycles. The Labute approximate surface area is 148 Å². The van der Waals surface area contributed by atoms with Crippen LogP contribution >= 0.6 is 0 Å². The summed E-state index contributed by atoms with van der Waals surface area (Å²) in [5.41, 5.74) is 3.21. The van der Waals surface area contributed by atoms with Gasteiger partial charge in [0, 0.05) is 49.8 Å². The smallest absolute Gasteiger partial charge is 0.255 e. The van der Waals surface area contributed by atoms with Gasteiger partial charge in [0.1, 0.15) is 0 Å². The van der Waals surface area contributed by atoms with Crippen molar-refractivity contribution in [2.24, 2.45) is 0 Å². The van der Waals surface area contributed by atoms with E-state index in [1.165, 1.54) is 18.5 Å². The van der Waals surface area contributed by atoms with E-state index in [1.54, 1.807) is 6.20 Å². The first kappa shape index (κ1) is 16.1. The van der Waals surface area contributed by atoms with E-state index in [0.717, 1.165) is 49.7 Å². The number of anilines is 1. The topological polar surface area (TPSA) is 54.3 Å². The van der Waals surface area contributed by atoms with E-state index in [-0.39, 0.29) is 5.91 Å². The predicted octanol–water partition coefficient (Wildman–Crippen LogP) is 2.58. The molecule has 0 unspecified atom stereocenters. The highest BCUT2D eigenvalue weighted by Crippen LogP contribution is 2.38. The van der Waals surface area contributed by atoms with Gasteiger partial charge in [0.05, 0.1) is 5.56 Å². The molecular weight excluding hydrogens is 314 g/mol. The zero-order valence-corrected chi connectivity index (χ0v) is 15.0. The van der Waals surface area contributed by atoms with Gasteiger partial charge in [-0.05, 0) is 51.3 Å². The summed E-state index contributed by atoms with van der Waals surface area (Å²) in [4.78, 5) is 17.3. The summed E-state index contributed by atoms with van der Waals surface area (Å²) in [7, 11) is 0. The summed E-state index contributed by atoms with van der Waals surface area (Å²) in [6.07, 6.45) is 5.11. The molecule has 2 aromatic heterocycles. The van der Waals surface area contributed by atoms with E-state index in [9.17, 15) is 4.79 Å². The van der Waals surface area contributed by atoms with Gasteiger partial charge in [-0.2, -0.15) is 5.10 Å². The van der Waals surface area contributed by atoms with Crippen LogP contribution in [0, 0.1) is 13.8 Å². The van der Waals surface area contributed by atoms with Crippen molar-refractivity contribution < 1.29 is 4.79 Å². The van der Waals surface area contributed by atoms with Gasteiger partial charge in [0.2, 0.25) is 0 Å². The van der Waals surface area contributed by atoms with Crippen molar-refractivity contribution in [3.05, 3.63) is 41.3 Å². The molecule has 4 rings (SSSR count). The van der Waals surface area contributed by atoms with Crippen LogP contribution in [0.5, 0.6) is 0 Å². The summed E-state index contributed by atoms with van der Waals surface area (Å²) in [6.45, 7) is 7.42. The van der Waals surface area contributed by atoms with Gasteiger partial charge in [0.15, 0.2) is 5.82 Å². The Balaban J connectivity index is 1.49. The lowest BCUT2D eigenvalue weighted by atomic mass is 10.2. The summed E-state index contributed by atoms with van der Waals surface area (Å²) in [6, 6.07) is 6.57. The Bertz CT molecular complexity index is 766. The molecule has 1 aliphatic carbocycles. The molecule has 2 aromatic rings. The lowest BCUT2D eigenvalue weighted by Gasteiger charge is -2.22. The number of aryl methyl sites for hydroxylation is 1. The van der Waals surface area contributed by atoms with Gasteiger partial charge in [-0.25, -0.2) is 0 Å². The van der Waals surface area contributed by atoms with Crippen molar-refractivity contribution in [2.45, 2.75) is 39.2 Å². The molecule has 0 aromatic carbocycles. The first-order valence-electron chi connectivity index (χ1n) is 9.15. The minimum Gasteiger partial charge on any atom is -0.353 e. The van der Waals surface area contributed by atoms with Crippen LogP contribution in [-0.4, -0.2) is 51.8 Å². The second-order valence-corrected chi connectivity index (χ2v) is 7.10. The fraction of sp³-hybridized carbons (Fsp3) is 0.526. The monoisotopic (exact) mass is 339 g/mol.